The van der Waals surface area contributed by atoms with Crippen molar-refractivity contribution in [1.82, 2.24) is 24.2 Å². The van der Waals surface area contributed by atoms with Crippen molar-refractivity contribution in [2.24, 2.45) is 0 Å². The second-order valence-corrected chi connectivity index (χ2v) is 17.2. The third kappa shape index (κ3) is 10.3. The quantitative estimate of drug-likeness (QED) is 0.0440. The number of ether oxygens (including phenoxy) is 5. The Morgan fingerprint density at radius 3 is 2.06 bits per heavy atom. The van der Waals surface area contributed by atoms with E-state index in [9.17, 15) is 10.1 Å². The molecule has 0 bridgehead atoms. The number of nitrogens with zero attached hydrogens (tertiary/aromatic N) is 6. The minimum absolute atomic E-state index is 0.0201. The molecule has 1 aliphatic heterocycles. The largest absolute Gasteiger partial charge is 0.497 e. The molecule has 2 aromatic heterocycles. The molecule has 0 aliphatic carbocycles. The van der Waals surface area contributed by atoms with Crippen LogP contribution >= 0.6 is 8.53 Å². The number of hydrogen-bond donors (Lipinski definition) is 1. The summed E-state index contributed by atoms with van der Waals surface area (Å²) in [4.78, 5) is 26.8. The van der Waals surface area contributed by atoms with Crippen LogP contribution in [0.15, 0.2) is 122 Å². The number of amides is 1. The van der Waals surface area contributed by atoms with Gasteiger partial charge in [0.2, 0.25) is 0 Å². The van der Waals surface area contributed by atoms with E-state index < -0.39 is 26.0 Å². The number of nitriles is 1. The van der Waals surface area contributed by atoms with E-state index >= 15 is 0 Å². The van der Waals surface area contributed by atoms with Crippen LogP contribution in [0.25, 0.3) is 11.2 Å². The number of rotatable bonds is 20. The molecule has 3 heterocycles. The minimum Gasteiger partial charge on any atom is -0.497 e. The highest BCUT2D eigenvalue weighted by atomic mass is 31.2. The van der Waals surface area contributed by atoms with Gasteiger partial charge < -0.3 is 38.0 Å². The first-order chi connectivity index (χ1) is 31.1. The first-order valence-electron chi connectivity index (χ1n) is 21.1. The van der Waals surface area contributed by atoms with Crippen LogP contribution in [0.3, 0.4) is 0 Å². The van der Waals surface area contributed by atoms with Crippen molar-refractivity contribution in [2.75, 3.05) is 52.6 Å². The van der Waals surface area contributed by atoms with Gasteiger partial charge in [0.1, 0.15) is 29.0 Å². The summed E-state index contributed by atoms with van der Waals surface area (Å²) in [7, 11) is 1.58. The number of fused-ring (bicyclic) bond motifs is 1. The highest BCUT2D eigenvalue weighted by Gasteiger charge is 2.47. The number of benzene rings is 4. The Hall–Kier alpha value is -5.82. The van der Waals surface area contributed by atoms with Crippen LogP contribution in [0.5, 0.6) is 11.5 Å². The lowest BCUT2D eigenvalue weighted by atomic mass is 9.79. The Balaban J connectivity index is 1.31. The average Bonchev–Trinajstić information content (AvgIpc) is 3.77. The molecular formula is C48H54N7O8P. The van der Waals surface area contributed by atoms with Crippen LogP contribution in [0.2, 0.25) is 0 Å². The van der Waals surface area contributed by atoms with Gasteiger partial charge in [0.15, 0.2) is 23.2 Å². The number of methoxy groups -OCH3 is 2. The minimum atomic E-state index is -1.69. The molecule has 1 aliphatic rings. The van der Waals surface area contributed by atoms with E-state index in [0.717, 1.165) is 16.7 Å². The smallest absolute Gasteiger partial charge is 0.259 e. The van der Waals surface area contributed by atoms with Crippen LogP contribution in [-0.4, -0.2) is 95.0 Å². The molecule has 15 nitrogen and oxygen atoms in total. The van der Waals surface area contributed by atoms with Gasteiger partial charge in [-0.3, -0.25) is 9.36 Å². The van der Waals surface area contributed by atoms with E-state index in [2.05, 4.69) is 58.7 Å². The maximum absolute atomic E-state index is 13.2. The molecule has 1 N–H and O–H groups in total. The number of nitrogens with one attached hydrogen (secondary N) is 1. The van der Waals surface area contributed by atoms with Crippen LogP contribution in [0, 0.1) is 11.3 Å². The summed E-state index contributed by atoms with van der Waals surface area (Å²) < 4.78 is 49.5. The molecule has 64 heavy (non-hydrogen) atoms. The van der Waals surface area contributed by atoms with E-state index in [1.54, 1.807) is 49.4 Å². The number of carbonyl (C=O) groups is 1. The van der Waals surface area contributed by atoms with Gasteiger partial charge in [0.25, 0.3) is 14.4 Å². The first-order valence-corrected chi connectivity index (χ1v) is 22.2. The standard InChI is InChI=1S/C48H54N7O8P/c1-34(2)55(35(3)4)64(61-27-13-26-49)62-31-47(29-59-28-42(63-47)54-33-52-43-44(50-32-51-45(43)54)53-46(56)36-14-9-7-10-15-36)30-60-48(37-16-11-8-12-17-37,38-18-22-40(57-5)23-19-38)39-20-24-41(58-6)25-21-39/h7-12,14-25,32-35,42H,13,27-31H2,1-6H3,(H,50,51,53,56)/t42-,47+,64?/m1/s1. The van der Waals surface area contributed by atoms with Crippen molar-refractivity contribution in [3.05, 3.63) is 144 Å². The molecule has 1 saturated heterocycles. The normalized spacial score (nSPS) is 17.1. The Morgan fingerprint density at radius 1 is 0.859 bits per heavy atom. The molecule has 16 heteroatoms. The zero-order valence-electron chi connectivity index (χ0n) is 36.9. The Labute approximate surface area is 375 Å². The fourth-order valence-corrected chi connectivity index (χ4v) is 9.44. The zero-order chi connectivity index (χ0) is 45.1. The predicted octanol–water partition coefficient (Wildman–Crippen LogP) is 8.68. The fraction of sp³-hybridized carbons (Fsp3) is 0.354. The second kappa shape index (κ2) is 21.2. The molecular weight excluding hydrogens is 834 g/mol. The first kappa shape index (κ1) is 46.2. The number of anilines is 1. The summed E-state index contributed by atoms with van der Waals surface area (Å²) in [5.74, 6) is 1.31. The van der Waals surface area contributed by atoms with Crippen LogP contribution in [0.1, 0.15) is 67.4 Å². The van der Waals surface area contributed by atoms with E-state index in [0.29, 0.717) is 28.2 Å². The van der Waals surface area contributed by atoms with Gasteiger partial charge in [0.05, 0.1) is 66.1 Å². The van der Waals surface area contributed by atoms with Gasteiger partial charge in [-0.15, -0.1) is 0 Å². The summed E-state index contributed by atoms with van der Waals surface area (Å²) in [5.41, 5.74) is 1.35. The van der Waals surface area contributed by atoms with Gasteiger partial charge in [-0.1, -0.05) is 72.8 Å². The van der Waals surface area contributed by atoms with E-state index in [1.165, 1.54) is 6.33 Å². The third-order valence-electron chi connectivity index (χ3n) is 10.8. The maximum Gasteiger partial charge on any atom is 0.259 e. The summed E-state index contributed by atoms with van der Waals surface area (Å²) >= 11 is 0. The molecule has 334 valence electrons. The lowest BCUT2D eigenvalue weighted by Crippen LogP contribution is -2.54. The SMILES string of the molecule is COc1ccc(C(OC[C@]2(COP(OCCC#N)N(C(C)C)C(C)C)COC[C@H](n3cnc4c(NC(=O)c5ccccc5)ncnc43)O2)(c2ccccc2)c2ccc(OC)cc2)cc1. The van der Waals surface area contributed by atoms with Gasteiger partial charge in [-0.25, -0.2) is 19.6 Å². The lowest BCUT2D eigenvalue weighted by molar-refractivity contribution is -0.257. The third-order valence-corrected chi connectivity index (χ3v) is 12.8. The van der Waals surface area contributed by atoms with Crippen molar-refractivity contribution in [3.63, 3.8) is 0 Å². The van der Waals surface area contributed by atoms with Gasteiger partial charge in [-0.2, -0.15) is 5.26 Å². The van der Waals surface area contributed by atoms with E-state index in [1.807, 2.05) is 84.9 Å². The lowest BCUT2D eigenvalue weighted by Gasteiger charge is -2.45. The fourth-order valence-electron chi connectivity index (χ4n) is 7.76. The molecule has 1 unspecified atom stereocenters. The maximum atomic E-state index is 13.2. The monoisotopic (exact) mass is 887 g/mol. The van der Waals surface area contributed by atoms with Crippen molar-refractivity contribution in [2.45, 2.75) is 63.6 Å². The molecule has 0 radical (unpaired) electrons. The van der Waals surface area contributed by atoms with Crippen molar-refractivity contribution >= 4 is 31.4 Å². The summed E-state index contributed by atoms with van der Waals surface area (Å²) in [6.45, 7) is 8.70. The van der Waals surface area contributed by atoms with Crippen LogP contribution in [0.4, 0.5) is 5.82 Å². The molecule has 0 spiro atoms. The highest BCUT2D eigenvalue weighted by molar-refractivity contribution is 7.44. The molecule has 1 amide bonds. The van der Waals surface area contributed by atoms with Crippen LogP contribution < -0.4 is 14.8 Å². The highest BCUT2D eigenvalue weighted by Crippen LogP contribution is 2.48. The molecule has 1 fully saturated rings. The van der Waals surface area contributed by atoms with Gasteiger partial charge in [0, 0.05) is 17.6 Å². The molecule has 0 saturated carbocycles. The Bertz CT molecular complexity index is 2410. The predicted molar refractivity (Wildman–Crippen MR) is 243 cm³/mol. The molecule has 4 aromatic carbocycles. The van der Waals surface area contributed by atoms with Crippen molar-refractivity contribution in [3.8, 4) is 17.6 Å². The summed E-state index contributed by atoms with van der Waals surface area (Å²) in [6.07, 6.45) is 2.40. The number of imidazole rings is 1. The van der Waals surface area contributed by atoms with Crippen LogP contribution in [-0.2, 0) is 28.9 Å². The van der Waals surface area contributed by atoms with E-state index in [-0.39, 0.29) is 63.3 Å². The average molecular weight is 888 g/mol. The Kier molecular flexibility index (Phi) is 15.3. The van der Waals surface area contributed by atoms with Gasteiger partial charge in [-0.05, 0) is 80.8 Å². The number of aromatic nitrogens is 4. The van der Waals surface area contributed by atoms with E-state index in [4.69, 9.17) is 32.7 Å². The summed E-state index contributed by atoms with van der Waals surface area (Å²) in [5, 5.41) is 12.3. The molecule has 3 atom stereocenters. The second-order valence-electron chi connectivity index (χ2n) is 15.8. The summed E-state index contributed by atoms with van der Waals surface area (Å²) in [6, 6.07) is 36.8. The van der Waals surface area contributed by atoms with Crippen molar-refractivity contribution < 1.29 is 37.5 Å². The molecule has 7 rings (SSSR count). The topological polar surface area (TPSA) is 164 Å². The Morgan fingerprint density at radius 2 is 1.47 bits per heavy atom. The molecule has 6 aromatic rings. The number of carbonyl (C=O) groups excluding carboxylic acids is 1. The van der Waals surface area contributed by atoms with Crippen molar-refractivity contribution in [1.29, 1.82) is 5.26 Å². The van der Waals surface area contributed by atoms with Gasteiger partial charge >= 0.3 is 0 Å². The number of hydrogen-bond acceptors (Lipinski definition) is 13. The zero-order valence-corrected chi connectivity index (χ0v) is 37.8.